The fourth-order valence-electron chi connectivity index (χ4n) is 1.65. The smallest absolute Gasteiger partial charge is 0.176 e. The highest BCUT2D eigenvalue weighted by molar-refractivity contribution is 6.32. The summed E-state index contributed by atoms with van der Waals surface area (Å²) in [6.45, 7) is 2.88. The summed E-state index contributed by atoms with van der Waals surface area (Å²) in [5, 5.41) is 13.2. The van der Waals surface area contributed by atoms with E-state index in [9.17, 15) is 5.11 Å². The number of halogens is 1. The molecule has 0 spiro atoms. The van der Waals surface area contributed by atoms with Gasteiger partial charge >= 0.3 is 0 Å². The SMILES string of the molecule is CCOc1cc(CNc2ccccn2)cc(Cl)c1O. The van der Waals surface area contributed by atoms with Crippen LogP contribution in [0.2, 0.25) is 5.02 Å². The molecule has 2 N–H and O–H groups in total. The zero-order chi connectivity index (χ0) is 13.7. The average molecular weight is 279 g/mol. The van der Waals surface area contributed by atoms with E-state index in [1.54, 1.807) is 18.3 Å². The number of nitrogens with zero attached hydrogens (tertiary/aromatic N) is 1. The lowest BCUT2D eigenvalue weighted by atomic mass is 10.2. The van der Waals surface area contributed by atoms with Crippen LogP contribution in [-0.2, 0) is 6.54 Å². The number of benzene rings is 1. The minimum Gasteiger partial charge on any atom is -0.503 e. The standard InChI is InChI=1S/C14H15ClN2O2/c1-2-19-12-8-10(7-11(15)14(12)18)9-17-13-5-3-4-6-16-13/h3-8,18H,2,9H2,1H3,(H,16,17). The van der Waals surface area contributed by atoms with Crippen molar-refractivity contribution >= 4 is 17.4 Å². The van der Waals surface area contributed by atoms with E-state index in [0.29, 0.717) is 18.9 Å². The summed E-state index contributed by atoms with van der Waals surface area (Å²) in [5.41, 5.74) is 0.914. The molecule has 1 aromatic heterocycles. The van der Waals surface area contributed by atoms with Crippen molar-refractivity contribution in [2.75, 3.05) is 11.9 Å². The third-order valence-electron chi connectivity index (χ3n) is 2.53. The van der Waals surface area contributed by atoms with E-state index < -0.39 is 0 Å². The van der Waals surface area contributed by atoms with Gasteiger partial charge in [-0.05, 0) is 36.8 Å². The normalized spacial score (nSPS) is 10.2. The maximum absolute atomic E-state index is 9.75. The first-order valence-electron chi connectivity index (χ1n) is 5.99. The number of hydrogen-bond acceptors (Lipinski definition) is 4. The summed E-state index contributed by atoms with van der Waals surface area (Å²) in [4.78, 5) is 4.17. The van der Waals surface area contributed by atoms with E-state index in [2.05, 4.69) is 10.3 Å². The number of nitrogens with one attached hydrogen (secondary N) is 1. The zero-order valence-electron chi connectivity index (χ0n) is 10.6. The van der Waals surface area contributed by atoms with Crippen molar-refractivity contribution in [1.82, 2.24) is 4.98 Å². The molecule has 0 bridgehead atoms. The van der Waals surface area contributed by atoms with E-state index >= 15 is 0 Å². The van der Waals surface area contributed by atoms with Crippen molar-refractivity contribution in [3.8, 4) is 11.5 Å². The number of phenols is 1. The van der Waals surface area contributed by atoms with Crippen LogP contribution in [0.1, 0.15) is 12.5 Å². The van der Waals surface area contributed by atoms with E-state index in [1.165, 1.54) is 0 Å². The number of anilines is 1. The van der Waals surface area contributed by atoms with Crippen LogP contribution in [0.25, 0.3) is 0 Å². The fraction of sp³-hybridized carbons (Fsp3) is 0.214. The van der Waals surface area contributed by atoms with Gasteiger partial charge in [0.05, 0.1) is 11.6 Å². The van der Waals surface area contributed by atoms with Crippen LogP contribution in [0.3, 0.4) is 0 Å². The monoisotopic (exact) mass is 278 g/mol. The highest BCUT2D eigenvalue weighted by Crippen LogP contribution is 2.35. The number of phenolic OH excluding ortho intramolecular Hbond substituents is 1. The molecular formula is C14H15ClN2O2. The maximum atomic E-state index is 9.75. The molecule has 1 heterocycles. The zero-order valence-corrected chi connectivity index (χ0v) is 11.3. The second-order valence-corrected chi connectivity index (χ2v) is 4.33. The predicted molar refractivity (Wildman–Crippen MR) is 75.8 cm³/mol. The van der Waals surface area contributed by atoms with Gasteiger partial charge in [-0.3, -0.25) is 0 Å². The lowest BCUT2D eigenvalue weighted by molar-refractivity contribution is 0.318. The second kappa shape index (κ2) is 6.29. The number of hydrogen-bond donors (Lipinski definition) is 2. The Hall–Kier alpha value is -1.94. The lowest BCUT2D eigenvalue weighted by Gasteiger charge is -2.11. The van der Waals surface area contributed by atoms with Crippen LogP contribution in [0.5, 0.6) is 11.5 Å². The molecule has 0 amide bonds. The Morgan fingerprint density at radius 2 is 2.21 bits per heavy atom. The van der Waals surface area contributed by atoms with Crippen LogP contribution >= 0.6 is 11.6 Å². The third kappa shape index (κ3) is 3.51. The molecule has 1 aromatic carbocycles. The van der Waals surface area contributed by atoms with Gasteiger partial charge < -0.3 is 15.2 Å². The summed E-state index contributed by atoms with van der Waals surface area (Å²) < 4.78 is 5.33. The van der Waals surface area contributed by atoms with Gasteiger partial charge in [0.25, 0.3) is 0 Å². The Morgan fingerprint density at radius 3 is 2.89 bits per heavy atom. The lowest BCUT2D eigenvalue weighted by Crippen LogP contribution is -2.02. The molecule has 0 radical (unpaired) electrons. The topological polar surface area (TPSA) is 54.4 Å². The quantitative estimate of drug-likeness (QED) is 0.879. The molecule has 0 aliphatic carbocycles. The molecule has 5 heteroatoms. The van der Waals surface area contributed by atoms with Crippen molar-refractivity contribution in [1.29, 1.82) is 0 Å². The van der Waals surface area contributed by atoms with E-state index in [4.69, 9.17) is 16.3 Å². The molecule has 19 heavy (non-hydrogen) atoms. The second-order valence-electron chi connectivity index (χ2n) is 3.93. The number of aromatic nitrogens is 1. The summed E-state index contributed by atoms with van der Waals surface area (Å²) in [5.74, 6) is 1.16. The Balaban J connectivity index is 2.12. The molecule has 0 saturated heterocycles. The highest BCUT2D eigenvalue weighted by atomic mass is 35.5. The number of ether oxygens (including phenoxy) is 1. The Kier molecular flexibility index (Phi) is 4.47. The van der Waals surface area contributed by atoms with Gasteiger partial charge in [-0.15, -0.1) is 0 Å². The first-order valence-corrected chi connectivity index (χ1v) is 6.37. The van der Waals surface area contributed by atoms with Gasteiger partial charge in [0, 0.05) is 12.7 Å². The molecule has 0 aliphatic heterocycles. The molecule has 2 aromatic rings. The molecule has 0 unspecified atom stereocenters. The van der Waals surface area contributed by atoms with Crippen LogP contribution in [0, 0.1) is 0 Å². The summed E-state index contributed by atoms with van der Waals surface area (Å²) in [6.07, 6.45) is 1.72. The first-order chi connectivity index (χ1) is 9.20. The molecular weight excluding hydrogens is 264 g/mol. The van der Waals surface area contributed by atoms with Crippen LogP contribution < -0.4 is 10.1 Å². The largest absolute Gasteiger partial charge is 0.503 e. The Labute approximate surface area is 117 Å². The molecule has 2 rings (SSSR count). The van der Waals surface area contributed by atoms with E-state index in [0.717, 1.165) is 11.4 Å². The molecule has 0 fully saturated rings. The predicted octanol–water partition coefficient (Wildman–Crippen LogP) is 3.45. The van der Waals surface area contributed by atoms with E-state index in [1.807, 2.05) is 25.1 Å². The maximum Gasteiger partial charge on any atom is 0.176 e. The number of pyridine rings is 1. The van der Waals surface area contributed by atoms with Crippen LogP contribution in [0.15, 0.2) is 36.5 Å². The summed E-state index contributed by atoms with van der Waals surface area (Å²) in [7, 11) is 0. The van der Waals surface area contributed by atoms with Gasteiger partial charge in [-0.2, -0.15) is 0 Å². The molecule has 0 atom stereocenters. The van der Waals surface area contributed by atoms with Gasteiger partial charge in [0.15, 0.2) is 11.5 Å². The molecule has 0 aliphatic rings. The van der Waals surface area contributed by atoms with Crippen molar-refractivity contribution in [2.45, 2.75) is 13.5 Å². The third-order valence-corrected chi connectivity index (χ3v) is 2.81. The number of aromatic hydroxyl groups is 1. The summed E-state index contributed by atoms with van der Waals surface area (Å²) >= 11 is 5.96. The number of rotatable bonds is 5. The van der Waals surface area contributed by atoms with Gasteiger partial charge in [-0.1, -0.05) is 17.7 Å². The van der Waals surface area contributed by atoms with E-state index in [-0.39, 0.29) is 10.8 Å². The first kappa shape index (κ1) is 13.5. The Morgan fingerprint density at radius 1 is 1.37 bits per heavy atom. The molecule has 100 valence electrons. The van der Waals surface area contributed by atoms with Gasteiger partial charge in [-0.25, -0.2) is 4.98 Å². The van der Waals surface area contributed by atoms with Crippen LogP contribution in [0.4, 0.5) is 5.82 Å². The van der Waals surface area contributed by atoms with Gasteiger partial charge in [0.1, 0.15) is 5.82 Å². The van der Waals surface area contributed by atoms with Crippen LogP contribution in [-0.4, -0.2) is 16.7 Å². The minimum absolute atomic E-state index is 0.0231. The Bertz CT molecular complexity index is 547. The summed E-state index contributed by atoms with van der Waals surface area (Å²) in [6, 6.07) is 9.11. The van der Waals surface area contributed by atoms with Crippen molar-refractivity contribution in [3.05, 3.63) is 47.1 Å². The highest BCUT2D eigenvalue weighted by Gasteiger charge is 2.09. The minimum atomic E-state index is -0.0231. The van der Waals surface area contributed by atoms with Crippen molar-refractivity contribution in [3.63, 3.8) is 0 Å². The average Bonchev–Trinajstić information content (AvgIpc) is 2.43. The van der Waals surface area contributed by atoms with Gasteiger partial charge in [0.2, 0.25) is 0 Å². The fourth-order valence-corrected chi connectivity index (χ4v) is 1.89. The van der Waals surface area contributed by atoms with Crippen molar-refractivity contribution < 1.29 is 9.84 Å². The molecule has 0 saturated carbocycles. The molecule has 4 nitrogen and oxygen atoms in total. The van der Waals surface area contributed by atoms with Crippen molar-refractivity contribution in [2.24, 2.45) is 0 Å².